The van der Waals surface area contributed by atoms with E-state index in [9.17, 15) is 20.1 Å². The Balaban J connectivity index is 1.15. The van der Waals surface area contributed by atoms with Crippen molar-refractivity contribution < 1.29 is 43.8 Å². The average molecular weight is 1080 g/mol. The van der Waals surface area contributed by atoms with Crippen molar-refractivity contribution in [3.63, 3.8) is 0 Å². The van der Waals surface area contributed by atoms with Crippen LogP contribution >= 0.6 is 21.6 Å². The summed E-state index contributed by atoms with van der Waals surface area (Å²) in [6.45, 7) is 4.54. The molecule has 9 aliphatic rings. The molecule has 3 aromatic carbocycles. The van der Waals surface area contributed by atoms with Gasteiger partial charge in [0.05, 0.1) is 23.8 Å². The Kier molecular flexibility index (Phi) is 15.1. The smallest absolute Gasteiger partial charge is 0.302 e. The summed E-state index contributed by atoms with van der Waals surface area (Å²) in [7, 11) is 5.50. The number of aliphatic hydroxyl groups is 1. The Labute approximate surface area is 460 Å². The molecule has 11 atom stereocenters. The molecule has 15 heteroatoms. The molecule has 1 spiro atoms. The largest absolute Gasteiger partial charge is 0.508 e. The van der Waals surface area contributed by atoms with Crippen molar-refractivity contribution >= 4 is 33.6 Å². The summed E-state index contributed by atoms with van der Waals surface area (Å²) in [4.78, 5) is 13.1. The monoisotopic (exact) mass is 1080 g/mol. The van der Waals surface area contributed by atoms with Gasteiger partial charge >= 0.3 is 5.97 Å². The number of benzene rings is 3. The van der Waals surface area contributed by atoms with Crippen molar-refractivity contribution in [2.24, 2.45) is 23.5 Å². The van der Waals surface area contributed by atoms with E-state index in [-0.39, 0.29) is 42.1 Å². The summed E-state index contributed by atoms with van der Waals surface area (Å²) in [5.41, 5.74) is 17.0. The van der Waals surface area contributed by atoms with Crippen LogP contribution in [0.2, 0.25) is 0 Å². The molecule has 13 nitrogen and oxygen atoms in total. The third-order valence-electron chi connectivity index (χ3n) is 18.0. The molecule has 12 rings (SSSR count). The molecule has 0 radical (unpaired) electrons. The van der Waals surface area contributed by atoms with Crippen molar-refractivity contribution in [2.45, 2.75) is 145 Å². The zero-order chi connectivity index (χ0) is 53.0. The predicted molar refractivity (Wildman–Crippen MR) is 302 cm³/mol. The van der Waals surface area contributed by atoms with Gasteiger partial charge in [0.15, 0.2) is 18.3 Å². The van der Waals surface area contributed by atoms with Gasteiger partial charge in [0.2, 0.25) is 0 Å². The van der Waals surface area contributed by atoms with Gasteiger partial charge in [0, 0.05) is 96.0 Å². The summed E-state index contributed by atoms with van der Waals surface area (Å²) in [5.74, 6) is 17.6. The van der Waals surface area contributed by atoms with Crippen molar-refractivity contribution in [3.05, 3.63) is 92.2 Å². The van der Waals surface area contributed by atoms with Crippen LogP contribution in [0.1, 0.15) is 141 Å². The van der Waals surface area contributed by atoms with E-state index < -0.39 is 42.3 Å². The second-order valence-electron chi connectivity index (χ2n) is 22.9. The number of carbonyl (C=O) groups excluding carboxylic acids is 1. The Morgan fingerprint density at radius 3 is 2.75 bits per heavy atom. The first kappa shape index (κ1) is 52.5. The summed E-state index contributed by atoms with van der Waals surface area (Å²) in [6, 6.07) is 7.85. The maximum atomic E-state index is 13.2. The summed E-state index contributed by atoms with van der Waals surface area (Å²) in [5, 5.41) is 46.2. The predicted octanol–water partition coefficient (Wildman–Crippen LogP) is 9.27. The van der Waals surface area contributed by atoms with Crippen molar-refractivity contribution in [1.82, 2.24) is 16.0 Å². The maximum absolute atomic E-state index is 13.2. The average Bonchev–Trinajstić information content (AvgIpc) is 4.19. The van der Waals surface area contributed by atoms with E-state index in [1.807, 2.05) is 27.7 Å². The lowest BCUT2D eigenvalue weighted by atomic mass is 9.65. The minimum absolute atomic E-state index is 0.0202. The number of nitrogens with one attached hydrogen (secondary N) is 3. The summed E-state index contributed by atoms with van der Waals surface area (Å²) in [6.07, 6.45) is 16.0. The first-order valence-corrected chi connectivity index (χ1v) is 30.5. The number of nitrogens with two attached hydrogens (primary N) is 1. The highest BCUT2D eigenvalue weighted by atomic mass is 33.1. The molecule has 3 aliphatic carbocycles. The molecule has 1 saturated heterocycles. The SMILES string of the molecule is CCC1=CC2=C(C#C[C@@H]3C#CC[C@@H](COC)CCNCc4c(O)c5c(c(c43)[C@H]3Oc4c(ccc6c4[C@@]4(CC[C@H](C2)C4)Cc2cc(O)cc(OCO)c2-6)[C@@H]3COC(C)=O)C=C[C@@H]2N[C@@H]3CCC[C@H](CSSC[C@H]2O5)C3)NC1N. The molecule has 3 fully saturated rings. The molecule has 406 valence electrons. The fraction of sp³-hybridized carbons (Fsp3) is 0.532. The van der Waals surface area contributed by atoms with Crippen molar-refractivity contribution in [3.8, 4) is 63.6 Å². The van der Waals surface area contributed by atoms with Gasteiger partial charge in [-0.1, -0.05) is 77.1 Å². The number of dihydropyridines is 1. The van der Waals surface area contributed by atoms with E-state index in [1.165, 1.54) is 19.8 Å². The number of rotatable bonds is 7. The number of phenolic OH excluding ortho intramolecular Hbond substituents is 2. The van der Waals surface area contributed by atoms with Crippen LogP contribution in [0.3, 0.4) is 0 Å². The lowest BCUT2D eigenvalue weighted by molar-refractivity contribution is -0.141. The highest BCUT2D eigenvalue weighted by molar-refractivity contribution is 8.76. The summed E-state index contributed by atoms with van der Waals surface area (Å²) < 4.78 is 33.1. The maximum Gasteiger partial charge on any atom is 0.302 e. The molecule has 3 aromatic rings. The van der Waals surface area contributed by atoms with E-state index in [0.29, 0.717) is 72.9 Å². The topological polar surface area (TPSA) is 186 Å². The van der Waals surface area contributed by atoms with Crippen LogP contribution in [0.4, 0.5) is 0 Å². The van der Waals surface area contributed by atoms with Gasteiger partial charge in [-0.3, -0.25) is 4.79 Å². The first-order valence-electron chi connectivity index (χ1n) is 28.0. The molecular weight excluding hydrogens is 1010 g/mol. The number of hydrogen-bond acceptors (Lipinski definition) is 15. The number of fused-ring (bicyclic) bond motifs is 10. The fourth-order valence-electron chi connectivity index (χ4n) is 14.5. The summed E-state index contributed by atoms with van der Waals surface area (Å²) >= 11 is 0. The van der Waals surface area contributed by atoms with Crippen LogP contribution in [0.15, 0.2) is 53.3 Å². The minimum Gasteiger partial charge on any atom is -0.508 e. The van der Waals surface area contributed by atoms with Gasteiger partial charge in [0.25, 0.3) is 0 Å². The Morgan fingerprint density at radius 1 is 1.03 bits per heavy atom. The second kappa shape index (κ2) is 22.1. The molecule has 0 amide bonds. The van der Waals surface area contributed by atoms with E-state index in [2.05, 4.69) is 76.9 Å². The molecule has 6 bridgehead atoms. The van der Waals surface area contributed by atoms with Crippen molar-refractivity contribution in [2.75, 3.05) is 45.2 Å². The standard InChI is InChI=1S/C62H72N4O9S2/c1-4-38-23-40-21-36-17-19-62(26-36)27-41-24-43(69)25-51(73-33-67)53(41)45-13-12-44-48(30-72-34(2)68)58(75-59(44)56(45)62)55-46-14-16-50-52(32-77-76-31-37-8-6-10-42(22-37)65-50)74-60(46)57(70)47-28-64-20-18-35(29-71-3)7-5-9-39(54(47)55)11-15-49(40)66-61(38)63/h12-14,16,23-25,35-37,39,42,48,50,52,58,61,64-67,69-70H,4,6-8,10,17-22,26-33,63H2,1-3H3/t35-,36-,37+,39+,42-,48+,50+,52-,58+,61?,62-/m1/s1. The van der Waals surface area contributed by atoms with Crippen LogP contribution in [-0.2, 0) is 32.6 Å². The number of aromatic hydroxyl groups is 2. The number of methoxy groups -OCH3 is 1. The van der Waals surface area contributed by atoms with Gasteiger partial charge in [-0.25, -0.2) is 0 Å². The van der Waals surface area contributed by atoms with E-state index in [4.69, 9.17) is 29.4 Å². The van der Waals surface area contributed by atoms with Gasteiger partial charge in [-0.2, -0.15) is 0 Å². The van der Waals surface area contributed by atoms with Crippen molar-refractivity contribution in [1.29, 1.82) is 0 Å². The van der Waals surface area contributed by atoms with Gasteiger partial charge in [0.1, 0.15) is 42.0 Å². The van der Waals surface area contributed by atoms with Gasteiger partial charge in [-0.15, -0.1) is 5.92 Å². The zero-order valence-electron chi connectivity index (χ0n) is 44.4. The van der Waals surface area contributed by atoms with Crippen LogP contribution < -0.4 is 35.9 Å². The third kappa shape index (κ3) is 10.0. The highest BCUT2D eigenvalue weighted by Gasteiger charge is 2.52. The lowest BCUT2D eigenvalue weighted by Gasteiger charge is -2.39. The van der Waals surface area contributed by atoms with E-state index >= 15 is 0 Å². The van der Waals surface area contributed by atoms with Gasteiger partial charge < -0.3 is 60.7 Å². The zero-order valence-corrected chi connectivity index (χ0v) is 46.1. The number of esters is 1. The molecule has 8 N–H and O–H groups in total. The molecule has 77 heavy (non-hydrogen) atoms. The van der Waals surface area contributed by atoms with Crippen LogP contribution in [0.25, 0.3) is 17.2 Å². The number of ether oxygens (including phenoxy) is 5. The van der Waals surface area contributed by atoms with Crippen LogP contribution in [0.5, 0.6) is 28.7 Å². The van der Waals surface area contributed by atoms with Gasteiger partial charge in [-0.05, 0) is 128 Å². The third-order valence-corrected chi connectivity index (χ3v) is 20.6. The quantitative estimate of drug-likeness (QED) is 0.0514. The Morgan fingerprint density at radius 2 is 1.91 bits per heavy atom. The molecule has 6 heterocycles. The molecular formula is C62H72N4O9S2. The second-order valence-corrected chi connectivity index (χ2v) is 25.4. The van der Waals surface area contributed by atoms with Crippen LogP contribution in [0, 0.1) is 41.4 Å². The number of carbonyl (C=O) groups is 1. The molecule has 2 saturated carbocycles. The highest BCUT2D eigenvalue weighted by Crippen LogP contribution is 2.64. The fourth-order valence-corrected chi connectivity index (χ4v) is 17.1. The Hall–Kier alpha value is -5.23. The first-order chi connectivity index (χ1) is 37.5. The number of hydrogen-bond donors (Lipinski definition) is 7. The van der Waals surface area contributed by atoms with E-state index in [1.54, 1.807) is 13.2 Å². The molecule has 1 unspecified atom stereocenters. The lowest BCUT2D eigenvalue weighted by Crippen LogP contribution is -2.49. The number of allylic oxidation sites excluding steroid dienone is 3. The minimum atomic E-state index is -0.779. The Bertz CT molecular complexity index is 3060. The normalized spacial score (nSPS) is 30.7. The van der Waals surface area contributed by atoms with Crippen LogP contribution in [-0.4, -0.2) is 90.8 Å². The number of aliphatic hydroxyl groups excluding tert-OH is 1. The van der Waals surface area contributed by atoms with E-state index in [0.717, 1.165) is 119 Å². The number of phenols is 2. The molecule has 6 aliphatic heterocycles. The molecule has 0 aromatic heterocycles.